The van der Waals surface area contributed by atoms with Crippen molar-refractivity contribution in [3.8, 4) is 17.2 Å². The Bertz CT molecular complexity index is 1340. The van der Waals surface area contributed by atoms with Crippen molar-refractivity contribution in [3.05, 3.63) is 89.5 Å². The molecule has 1 fully saturated rings. The Labute approximate surface area is 223 Å². The average molecular weight is 516 g/mol. The van der Waals surface area contributed by atoms with E-state index in [2.05, 4.69) is 13.8 Å². The number of rotatable bonds is 9. The molecule has 0 aromatic heterocycles. The Morgan fingerprint density at radius 3 is 2.24 bits per heavy atom. The van der Waals surface area contributed by atoms with Crippen LogP contribution in [0.15, 0.2) is 78.4 Å². The van der Waals surface area contributed by atoms with Gasteiger partial charge in [0.15, 0.2) is 0 Å². The number of nitrogens with zero attached hydrogens (tertiary/aromatic N) is 1. The van der Waals surface area contributed by atoms with Gasteiger partial charge in [-0.05, 0) is 73.9 Å². The van der Waals surface area contributed by atoms with Gasteiger partial charge in [-0.15, -0.1) is 0 Å². The van der Waals surface area contributed by atoms with Crippen LogP contribution in [0.2, 0.25) is 0 Å². The summed E-state index contributed by atoms with van der Waals surface area (Å²) in [5, 5.41) is 11.4. The molecule has 0 aliphatic carbocycles. The summed E-state index contributed by atoms with van der Waals surface area (Å²) < 4.78 is 17.0. The molecule has 0 radical (unpaired) electrons. The fourth-order valence-corrected chi connectivity index (χ4v) is 4.33. The Balaban J connectivity index is 1.84. The van der Waals surface area contributed by atoms with E-state index in [1.807, 2.05) is 26.0 Å². The van der Waals surface area contributed by atoms with E-state index in [-0.39, 0.29) is 17.4 Å². The van der Waals surface area contributed by atoms with Crippen molar-refractivity contribution in [2.75, 3.05) is 18.6 Å². The summed E-state index contributed by atoms with van der Waals surface area (Å²) in [4.78, 5) is 28.3. The Morgan fingerprint density at radius 1 is 0.895 bits per heavy atom. The highest BCUT2D eigenvalue weighted by Gasteiger charge is 2.47. The van der Waals surface area contributed by atoms with E-state index < -0.39 is 17.7 Å². The molecule has 0 spiro atoms. The second-order valence-electron chi connectivity index (χ2n) is 9.84. The highest BCUT2D eigenvalue weighted by molar-refractivity contribution is 6.51. The van der Waals surface area contributed by atoms with Crippen molar-refractivity contribution < 1.29 is 28.9 Å². The first-order valence-electron chi connectivity index (χ1n) is 12.6. The summed E-state index contributed by atoms with van der Waals surface area (Å²) in [6.45, 7) is 8.52. The first-order chi connectivity index (χ1) is 18.2. The summed E-state index contributed by atoms with van der Waals surface area (Å²) in [5.74, 6) is 0.387. The smallest absolute Gasteiger partial charge is 0.300 e. The Morgan fingerprint density at radius 2 is 1.58 bits per heavy atom. The topological polar surface area (TPSA) is 85.3 Å². The summed E-state index contributed by atoms with van der Waals surface area (Å²) in [7, 11) is 1.53. The van der Waals surface area contributed by atoms with Gasteiger partial charge in [-0.3, -0.25) is 14.5 Å². The molecule has 1 amide bonds. The number of anilines is 1. The van der Waals surface area contributed by atoms with Gasteiger partial charge in [-0.1, -0.05) is 32.0 Å². The van der Waals surface area contributed by atoms with Gasteiger partial charge in [0, 0.05) is 17.3 Å². The van der Waals surface area contributed by atoms with Crippen molar-refractivity contribution in [3.63, 3.8) is 0 Å². The van der Waals surface area contributed by atoms with Crippen LogP contribution in [-0.2, 0) is 9.59 Å². The van der Waals surface area contributed by atoms with Crippen LogP contribution >= 0.6 is 0 Å². The minimum Gasteiger partial charge on any atom is -0.507 e. The van der Waals surface area contributed by atoms with Crippen LogP contribution in [0.25, 0.3) is 5.76 Å². The number of amides is 1. The molecule has 3 aromatic carbocycles. The average Bonchev–Trinajstić information content (AvgIpc) is 3.17. The van der Waals surface area contributed by atoms with E-state index in [1.165, 1.54) is 12.0 Å². The zero-order valence-corrected chi connectivity index (χ0v) is 22.3. The van der Waals surface area contributed by atoms with E-state index in [0.717, 1.165) is 0 Å². The molecular formula is C31H33NO6. The predicted octanol–water partition coefficient (Wildman–Crippen LogP) is 6.14. The Kier molecular flexibility index (Phi) is 8.05. The third-order valence-electron chi connectivity index (χ3n) is 6.03. The number of aliphatic hydroxyl groups is 1. The number of benzene rings is 3. The minimum absolute atomic E-state index is 0.00429. The molecule has 1 heterocycles. The van der Waals surface area contributed by atoms with Crippen LogP contribution in [-0.4, -0.2) is 36.6 Å². The van der Waals surface area contributed by atoms with E-state index in [4.69, 9.17) is 14.2 Å². The van der Waals surface area contributed by atoms with Crippen molar-refractivity contribution in [2.24, 2.45) is 5.92 Å². The molecule has 0 saturated carbocycles. The van der Waals surface area contributed by atoms with E-state index in [9.17, 15) is 14.7 Å². The van der Waals surface area contributed by atoms with Gasteiger partial charge >= 0.3 is 0 Å². The largest absolute Gasteiger partial charge is 0.507 e. The van der Waals surface area contributed by atoms with E-state index in [1.54, 1.807) is 60.7 Å². The molecule has 7 heteroatoms. The number of hydrogen-bond donors (Lipinski definition) is 1. The summed E-state index contributed by atoms with van der Waals surface area (Å²) in [6, 6.07) is 20.1. The third-order valence-corrected chi connectivity index (χ3v) is 6.03. The molecule has 0 bridgehead atoms. The maximum Gasteiger partial charge on any atom is 0.300 e. The van der Waals surface area contributed by atoms with Crippen molar-refractivity contribution >= 4 is 23.1 Å². The first kappa shape index (κ1) is 26.8. The number of carbonyl (C=O) groups is 2. The zero-order chi connectivity index (χ0) is 27.4. The van der Waals surface area contributed by atoms with Crippen LogP contribution in [0.3, 0.4) is 0 Å². The number of ether oxygens (including phenoxy) is 3. The number of hydrogen-bond acceptors (Lipinski definition) is 6. The molecule has 1 aliphatic heterocycles. The number of carbonyl (C=O) groups excluding carboxylic acids is 2. The van der Waals surface area contributed by atoms with Gasteiger partial charge in [-0.25, -0.2) is 0 Å². The summed E-state index contributed by atoms with van der Waals surface area (Å²) >= 11 is 0. The van der Waals surface area contributed by atoms with Crippen LogP contribution in [0.4, 0.5) is 5.69 Å². The molecule has 1 atom stereocenters. The highest BCUT2D eigenvalue weighted by Crippen LogP contribution is 2.43. The Hall–Kier alpha value is -4.26. The van der Waals surface area contributed by atoms with E-state index in [0.29, 0.717) is 46.6 Å². The highest BCUT2D eigenvalue weighted by atomic mass is 16.5. The number of Topliss-reactive ketones (excluding diaryl/α,β-unsaturated/α-hetero) is 1. The lowest BCUT2D eigenvalue weighted by atomic mass is 9.95. The standard InChI is InChI=1S/C31H33NO6/c1-19(2)18-37-24-14-12-21(13-15-24)29(33)27-28(22-8-6-11-26(16-22)38-20(3)4)32(31(35)30(27)34)23-9-7-10-25(17-23)36-5/h6-17,19-20,28,33H,18H2,1-5H3/b29-27+. The van der Waals surface area contributed by atoms with Gasteiger partial charge in [0.1, 0.15) is 23.0 Å². The molecule has 1 saturated heterocycles. The monoisotopic (exact) mass is 515 g/mol. The van der Waals surface area contributed by atoms with Crippen LogP contribution < -0.4 is 19.1 Å². The predicted molar refractivity (Wildman–Crippen MR) is 147 cm³/mol. The van der Waals surface area contributed by atoms with Crippen LogP contribution in [0.1, 0.15) is 44.9 Å². The lowest BCUT2D eigenvalue weighted by molar-refractivity contribution is -0.132. The number of ketones is 1. The first-order valence-corrected chi connectivity index (χ1v) is 12.6. The van der Waals surface area contributed by atoms with Crippen LogP contribution in [0, 0.1) is 5.92 Å². The second-order valence-corrected chi connectivity index (χ2v) is 9.84. The summed E-state index contributed by atoms with van der Waals surface area (Å²) in [6.07, 6.45) is -0.0635. The van der Waals surface area contributed by atoms with Crippen molar-refractivity contribution in [1.29, 1.82) is 0 Å². The minimum atomic E-state index is -0.880. The number of methoxy groups -OCH3 is 1. The molecule has 38 heavy (non-hydrogen) atoms. The normalized spacial score (nSPS) is 16.8. The lowest BCUT2D eigenvalue weighted by Gasteiger charge is -2.26. The van der Waals surface area contributed by atoms with Gasteiger partial charge in [0.05, 0.1) is 31.4 Å². The maximum atomic E-state index is 13.5. The molecule has 1 aliphatic rings. The maximum absolute atomic E-state index is 13.5. The van der Waals surface area contributed by atoms with Gasteiger partial charge in [0.25, 0.3) is 11.7 Å². The van der Waals surface area contributed by atoms with Crippen LogP contribution in [0.5, 0.6) is 17.2 Å². The number of aliphatic hydroxyl groups excluding tert-OH is 1. The quantitative estimate of drug-likeness (QED) is 0.209. The third kappa shape index (κ3) is 5.67. The second kappa shape index (κ2) is 11.4. The van der Waals surface area contributed by atoms with Crippen molar-refractivity contribution in [1.82, 2.24) is 0 Å². The fourth-order valence-electron chi connectivity index (χ4n) is 4.33. The molecule has 4 rings (SSSR count). The van der Waals surface area contributed by atoms with E-state index >= 15 is 0 Å². The molecule has 3 aromatic rings. The molecule has 198 valence electrons. The molecular weight excluding hydrogens is 482 g/mol. The van der Waals surface area contributed by atoms with Gasteiger partial charge < -0.3 is 19.3 Å². The SMILES string of the molecule is COc1cccc(N2C(=O)C(=O)/C(=C(/O)c3ccc(OCC(C)C)cc3)C2c2cccc(OC(C)C)c2)c1. The van der Waals surface area contributed by atoms with Gasteiger partial charge in [-0.2, -0.15) is 0 Å². The molecule has 7 nitrogen and oxygen atoms in total. The zero-order valence-electron chi connectivity index (χ0n) is 22.3. The lowest BCUT2D eigenvalue weighted by Crippen LogP contribution is -2.29. The van der Waals surface area contributed by atoms with Crippen molar-refractivity contribution in [2.45, 2.75) is 39.8 Å². The molecule has 1 N–H and O–H groups in total. The molecule has 1 unspecified atom stereocenters. The fraction of sp³-hybridized carbons (Fsp3) is 0.290. The van der Waals surface area contributed by atoms with Gasteiger partial charge in [0.2, 0.25) is 0 Å². The summed E-state index contributed by atoms with van der Waals surface area (Å²) in [5.41, 5.74) is 1.51.